The van der Waals surface area contributed by atoms with E-state index in [0.29, 0.717) is 5.56 Å². The highest BCUT2D eigenvalue weighted by Gasteiger charge is 2.18. The molecule has 0 aliphatic rings. The largest absolute Gasteiger partial charge is 0.388 e. The van der Waals surface area contributed by atoms with Gasteiger partial charge in [-0.25, -0.2) is 13.2 Å². The van der Waals surface area contributed by atoms with E-state index in [2.05, 4.69) is 0 Å². The van der Waals surface area contributed by atoms with Gasteiger partial charge in [0.2, 0.25) is 0 Å². The molecule has 0 spiro atoms. The standard InChI is InChI=1S/C15H13F3O/c1-9-5-6-12(15(18)14(9)17)13(19)8-10-3-2-4-11(16)7-10/h2-7,13,19H,8H2,1H3. The van der Waals surface area contributed by atoms with Gasteiger partial charge in [-0.1, -0.05) is 24.3 Å². The second-order valence-electron chi connectivity index (χ2n) is 4.45. The molecule has 0 aromatic heterocycles. The maximum absolute atomic E-state index is 13.7. The van der Waals surface area contributed by atoms with Crippen molar-refractivity contribution in [2.75, 3.05) is 0 Å². The van der Waals surface area contributed by atoms with E-state index >= 15 is 0 Å². The molecule has 1 atom stereocenters. The van der Waals surface area contributed by atoms with Gasteiger partial charge in [-0.2, -0.15) is 0 Å². The van der Waals surface area contributed by atoms with E-state index in [9.17, 15) is 18.3 Å². The second kappa shape index (κ2) is 5.45. The van der Waals surface area contributed by atoms with E-state index in [1.807, 2.05) is 0 Å². The van der Waals surface area contributed by atoms with Crippen molar-refractivity contribution in [3.05, 3.63) is 70.5 Å². The lowest BCUT2D eigenvalue weighted by atomic mass is 9.99. The van der Waals surface area contributed by atoms with Crippen LogP contribution >= 0.6 is 0 Å². The Kier molecular flexibility index (Phi) is 3.90. The lowest BCUT2D eigenvalue weighted by Gasteiger charge is -2.13. The Hall–Kier alpha value is -1.81. The molecule has 0 saturated carbocycles. The predicted molar refractivity (Wildman–Crippen MR) is 66.2 cm³/mol. The predicted octanol–water partition coefficient (Wildman–Crippen LogP) is 3.69. The van der Waals surface area contributed by atoms with Gasteiger partial charge in [-0.3, -0.25) is 0 Å². The van der Waals surface area contributed by atoms with Crippen LogP contribution in [0.3, 0.4) is 0 Å². The van der Waals surface area contributed by atoms with Crippen molar-refractivity contribution in [1.82, 2.24) is 0 Å². The highest BCUT2D eigenvalue weighted by Crippen LogP contribution is 2.24. The van der Waals surface area contributed by atoms with E-state index < -0.39 is 23.6 Å². The van der Waals surface area contributed by atoms with Crippen LogP contribution in [0.5, 0.6) is 0 Å². The molecule has 0 heterocycles. The van der Waals surface area contributed by atoms with E-state index in [-0.39, 0.29) is 17.5 Å². The Morgan fingerprint density at radius 2 is 1.79 bits per heavy atom. The van der Waals surface area contributed by atoms with Crippen LogP contribution in [-0.2, 0) is 6.42 Å². The van der Waals surface area contributed by atoms with Crippen molar-refractivity contribution >= 4 is 0 Å². The van der Waals surface area contributed by atoms with Gasteiger partial charge >= 0.3 is 0 Å². The molecule has 2 aromatic rings. The third-order valence-electron chi connectivity index (χ3n) is 2.98. The number of aliphatic hydroxyl groups excluding tert-OH is 1. The Labute approximate surface area is 109 Å². The van der Waals surface area contributed by atoms with Gasteiger partial charge in [-0.05, 0) is 30.2 Å². The van der Waals surface area contributed by atoms with E-state index in [4.69, 9.17) is 0 Å². The van der Waals surface area contributed by atoms with Crippen molar-refractivity contribution in [1.29, 1.82) is 0 Å². The third kappa shape index (κ3) is 2.96. The van der Waals surface area contributed by atoms with Crippen molar-refractivity contribution in [3.8, 4) is 0 Å². The van der Waals surface area contributed by atoms with Gasteiger partial charge < -0.3 is 5.11 Å². The van der Waals surface area contributed by atoms with Crippen LogP contribution in [0.2, 0.25) is 0 Å². The summed E-state index contributed by atoms with van der Waals surface area (Å²) < 4.78 is 40.1. The fourth-order valence-electron chi connectivity index (χ4n) is 1.92. The van der Waals surface area contributed by atoms with Crippen molar-refractivity contribution in [2.24, 2.45) is 0 Å². The molecule has 2 aromatic carbocycles. The molecule has 4 heteroatoms. The Morgan fingerprint density at radius 3 is 2.47 bits per heavy atom. The number of benzene rings is 2. The average Bonchev–Trinajstić information content (AvgIpc) is 2.36. The summed E-state index contributed by atoms with van der Waals surface area (Å²) in [5.74, 6) is -2.44. The van der Waals surface area contributed by atoms with E-state index in [1.54, 1.807) is 6.07 Å². The summed E-state index contributed by atoms with van der Waals surface area (Å²) >= 11 is 0. The lowest BCUT2D eigenvalue weighted by molar-refractivity contribution is 0.172. The molecule has 0 saturated heterocycles. The number of aliphatic hydroxyl groups is 1. The zero-order valence-corrected chi connectivity index (χ0v) is 10.3. The van der Waals surface area contributed by atoms with Gasteiger partial charge in [0.25, 0.3) is 0 Å². The molecular weight excluding hydrogens is 253 g/mol. The number of rotatable bonds is 3. The first-order chi connectivity index (χ1) is 8.99. The molecule has 0 bridgehead atoms. The maximum Gasteiger partial charge on any atom is 0.164 e. The third-order valence-corrected chi connectivity index (χ3v) is 2.98. The van der Waals surface area contributed by atoms with Gasteiger partial charge in [0, 0.05) is 12.0 Å². The summed E-state index contributed by atoms with van der Waals surface area (Å²) in [4.78, 5) is 0. The number of hydrogen-bond acceptors (Lipinski definition) is 1. The summed E-state index contributed by atoms with van der Waals surface area (Å²) in [5, 5.41) is 9.93. The van der Waals surface area contributed by atoms with Crippen LogP contribution in [-0.4, -0.2) is 5.11 Å². The van der Waals surface area contributed by atoms with Crippen molar-refractivity contribution in [3.63, 3.8) is 0 Å². The van der Waals surface area contributed by atoms with Crippen molar-refractivity contribution < 1.29 is 18.3 Å². The molecule has 0 fully saturated rings. The van der Waals surface area contributed by atoms with Crippen molar-refractivity contribution in [2.45, 2.75) is 19.4 Å². The van der Waals surface area contributed by atoms with E-state index in [0.717, 1.165) is 0 Å². The van der Waals surface area contributed by atoms with Gasteiger partial charge in [0.1, 0.15) is 5.82 Å². The molecule has 0 aliphatic carbocycles. The van der Waals surface area contributed by atoms with Gasteiger partial charge in [-0.15, -0.1) is 0 Å². The normalized spacial score (nSPS) is 12.5. The van der Waals surface area contributed by atoms with Gasteiger partial charge in [0.05, 0.1) is 6.10 Å². The summed E-state index contributed by atoms with van der Waals surface area (Å²) in [6.45, 7) is 1.45. The number of aryl methyl sites for hydroxylation is 1. The van der Waals surface area contributed by atoms with Crippen LogP contribution in [0.15, 0.2) is 36.4 Å². The van der Waals surface area contributed by atoms with Crippen LogP contribution < -0.4 is 0 Å². The minimum Gasteiger partial charge on any atom is -0.388 e. The zero-order chi connectivity index (χ0) is 14.0. The number of halogens is 3. The maximum atomic E-state index is 13.7. The zero-order valence-electron chi connectivity index (χ0n) is 10.3. The summed E-state index contributed by atoms with van der Waals surface area (Å²) in [6, 6.07) is 8.41. The highest BCUT2D eigenvalue weighted by molar-refractivity contribution is 5.28. The quantitative estimate of drug-likeness (QED) is 0.898. The minimum absolute atomic E-state index is 0.0250. The topological polar surface area (TPSA) is 20.2 Å². The lowest BCUT2D eigenvalue weighted by Crippen LogP contribution is -2.07. The summed E-state index contributed by atoms with van der Waals surface area (Å²) in [5.41, 5.74) is 0.583. The first kappa shape index (κ1) is 13.6. The Balaban J connectivity index is 2.25. The molecule has 1 unspecified atom stereocenters. The molecule has 0 amide bonds. The highest BCUT2D eigenvalue weighted by atomic mass is 19.2. The van der Waals surface area contributed by atoms with Crippen LogP contribution in [0.4, 0.5) is 13.2 Å². The Morgan fingerprint density at radius 1 is 1.05 bits per heavy atom. The monoisotopic (exact) mass is 266 g/mol. The van der Waals surface area contributed by atoms with Gasteiger partial charge in [0.15, 0.2) is 11.6 Å². The molecule has 1 N–H and O–H groups in total. The summed E-state index contributed by atoms with van der Waals surface area (Å²) in [7, 11) is 0. The number of hydrogen-bond donors (Lipinski definition) is 1. The fourth-order valence-corrected chi connectivity index (χ4v) is 1.92. The second-order valence-corrected chi connectivity index (χ2v) is 4.45. The Bertz CT molecular complexity index is 596. The smallest absolute Gasteiger partial charge is 0.164 e. The first-order valence-corrected chi connectivity index (χ1v) is 5.86. The van der Waals surface area contributed by atoms with Crippen LogP contribution in [0.25, 0.3) is 0 Å². The summed E-state index contributed by atoms with van der Waals surface area (Å²) in [6.07, 6.45) is -1.19. The molecular formula is C15H13F3O. The molecule has 100 valence electrons. The first-order valence-electron chi connectivity index (χ1n) is 5.86. The molecule has 2 rings (SSSR count). The molecule has 0 aliphatic heterocycles. The van der Waals surface area contributed by atoms with Crippen LogP contribution in [0, 0.1) is 24.4 Å². The molecule has 0 radical (unpaired) electrons. The van der Waals surface area contributed by atoms with E-state index in [1.165, 1.54) is 37.3 Å². The molecule has 19 heavy (non-hydrogen) atoms. The molecule has 1 nitrogen and oxygen atoms in total. The van der Waals surface area contributed by atoms with Crippen LogP contribution in [0.1, 0.15) is 22.8 Å². The average molecular weight is 266 g/mol. The SMILES string of the molecule is Cc1ccc(C(O)Cc2cccc(F)c2)c(F)c1F. The minimum atomic E-state index is -1.21. The fraction of sp³-hybridized carbons (Fsp3) is 0.200.